The van der Waals surface area contributed by atoms with Gasteiger partial charge < -0.3 is 14.1 Å². The maximum Gasteiger partial charge on any atom is 0.105 e. The van der Waals surface area contributed by atoms with E-state index in [4.69, 9.17) is 4.42 Å². The summed E-state index contributed by atoms with van der Waals surface area (Å²) >= 11 is 0. The molecule has 1 atom stereocenters. The van der Waals surface area contributed by atoms with Crippen molar-refractivity contribution in [2.45, 2.75) is 52.7 Å². The van der Waals surface area contributed by atoms with Crippen LogP contribution >= 0.6 is 0 Å². The van der Waals surface area contributed by atoms with Crippen LogP contribution in [0, 0.1) is 12.3 Å². The van der Waals surface area contributed by atoms with Gasteiger partial charge in [0.2, 0.25) is 0 Å². The lowest BCUT2D eigenvalue weighted by Gasteiger charge is -2.34. The predicted octanol–water partition coefficient (Wildman–Crippen LogP) is 3.64. The van der Waals surface area contributed by atoms with Crippen LogP contribution < -0.4 is 0 Å². The second kappa shape index (κ2) is 4.81. The third-order valence-electron chi connectivity index (χ3n) is 4.36. The maximum atomic E-state index is 10.4. The largest absolute Gasteiger partial charge is 0.469 e. The molecule has 3 nitrogen and oxygen atoms in total. The van der Waals surface area contributed by atoms with Gasteiger partial charge in [0, 0.05) is 29.9 Å². The molecular weight excluding hydrogens is 250 g/mol. The molecule has 1 N–H and O–H groups in total. The van der Waals surface area contributed by atoms with Gasteiger partial charge in [0.05, 0.1) is 12.4 Å². The van der Waals surface area contributed by atoms with E-state index >= 15 is 0 Å². The minimum atomic E-state index is -0.322. The van der Waals surface area contributed by atoms with E-state index in [1.807, 2.05) is 12.1 Å². The molecule has 0 saturated carbocycles. The van der Waals surface area contributed by atoms with E-state index in [2.05, 4.69) is 31.4 Å². The molecule has 2 aromatic heterocycles. The van der Waals surface area contributed by atoms with Gasteiger partial charge in [0.25, 0.3) is 0 Å². The van der Waals surface area contributed by atoms with Crippen LogP contribution in [0.5, 0.6) is 0 Å². The van der Waals surface area contributed by atoms with Crippen molar-refractivity contribution in [3.8, 4) is 0 Å². The zero-order valence-corrected chi connectivity index (χ0v) is 12.5. The summed E-state index contributed by atoms with van der Waals surface area (Å²) in [5.74, 6) is 1.02. The Morgan fingerprint density at radius 3 is 2.95 bits per heavy atom. The summed E-state index contributed by atoms with van der Waals surface area (Å²) in [4.78, 5) is 0. The number of aryl methyl sites for hydroxylation is 2. The van der Waals surface area contributed by atoms with Crippen LogP contribution in [-0.2, 0) is 19.4 Å². The van der Waals surface area contributed by atoms with Crippen LogP contribution in [0.15, 0.2) is 28.9 Å². The summed E-state index contributed by atoms with van der Waals surface area (Å²) in [6.07, 6.45) is 4.18. The first-order chi connectivity index (χ1) is 9.46. The number of nitrogens with zero attached hydrogens (tertiary/aromatic N) is 1. The van der Waals surface area contributed by atoms with Gasteiger partial charge in [-0.25, -0.2) is 0 Å². The topological polar surface area (TPSA) is 38.3 Å². The van der Waals surface area contributed by atoms with E-state index in [-0.39, 0.29) is 11.5 Å². The van der Waals surface area contributed by atoms with Gasteiger partial charge in [0.15, 0.2) is 0 Å². The highest BCUT2D eigenvalue weighted by atomic mass is 16.3. The second-order valence-corrected chi connectivity index (χ2v) is 6.73. The van der Waals surface area contributed by atoms with Crippen LogP contribution in [0.4, 0.5) is 0 Å². The lowest BCUT2D eigenvalue weighted by atomic mass is 9.75. The molecule has 0 saturated heterocycles. The van der Waals surface area contributed by atoms with Crippen molar-refractivity contribution >= 4 is 0 Å². The standard InChI is InChI=1S/C17H23NO2/c1-12-9-14-15(10-17(2,3)11-16(14)19)18(12)7-6-13-5-4-8-20-13/h4-5,8-9,16,19H,6-7,10-11H2,1-3H3. The molecule has 108 valence electrons. The van der Waals surface area contributed by atoms with Crippen molar-refractivity contribution in [1.82, 2.24) is 4.57 Å². The fraction of sp³-hybridized carbons (Fsp3) is 0.529. The Balaban J connectivity index is 1.88. The first kappa shape index (κ1) is 13.5. The average Bonchev–Trinajstić information content (AvgIpc) is 2.94. The van der Waals surface area contributed by atoms with E-state index in [1.54, 1.807) is 6.26 Å². The number of furan rings is 1. The van der Waals surface area contributed by atoms with Gasteiger partial charge in [-0.1, -0.05) is 13.8 Å². The molecule has 0 amide bonds. The predicted molar refractivity (Wildman–Crippen MR) is 78.6 cm³/mol. The molecular formula is C17H23NO2. The number of fused-ring (bicyclic) bond motifs is 1. The Bertz CT molecular complexity index is 593. The lowest BCUT2D eigenvalue weighted by molar-refractivity contribution is 0.0979. The Kier molecular flexibility index (Phi) is 3.25. The first-order valence-electron chi connectivity index (χ1n) is 7.36. The number of aromatic nitrogens is 1. The minimum Gasteiger partial charge on any atom is -0.469 e. The molecule has 1 unspecified atom stereocenters. The van der Waals surface area contributed by atoms with Crippen LogP contribution in [0.25, 0.3) is 0 Å². The fourth-order valence-electron chi connectivity index (χ4n) is 3.39. The molecule has 3 rings (SSSR count). The summed E-state index contributed by atoms with van der Waals surface area (Å²) in [5.41, 5.74) is 3.83. The molecule has 0 aliphatic heterocycles. The maximum absolute atomic E-state index is 10.4. The molecule has 0 aromatic carbocycles. The summed E-state index contributed by atoms with van der Waals surface area (Å²) in [6.45, 7) is 7.51. The molecule has 2 heterocycles. The number of rotatable bonds is 3. The first-order valence-corrected chi connectivity index (χ1v) is 7.36. The van der Waals surface area contributed by atoms with Gasteiger partial charge in [-0.3, -0.25) is 0 Å². The Morgan fingerprint density at radius 1 is 1.45 bits per heavy atom. The highest BCUT2D eigenvalue weighted by molar-refractivity contribution is 5.33. The Morgan fingerprint density at radius 2 is 2.25 bits per heavy atom. The van der Waals surface area contributed by atoms with Crippen molar-refractivity contribution in [3.63, 3.8) is 0 Å². The van der Waals surface area contributed by atoms with Crippen LogP contribution in [0.1, 0.15) is 49.1 Å². The SMILES string of the molecule is Cc1cc2c(n1CCc1ccco1)CC(C)(C)CC2O. The number of aliphatic hydroxyl groups is 1. The monoisotopic (exact) mass is 273 g/mol. The average molecular weight is 273 g/mol. The number of aliphatic hydroxyl groups excluding tert-OH is 1. The Labute approximate surface area is 120 Å². The van der Waals surface area contributed by atoms with E-state index in [0.29, 0.717) is 0 Å². The quantitative estimate of drug-likeness (QED) is 0.927. The third-order valence-corrected chi connectivity index (χ3v) is 4.36. The number of hydrogen-bond donors (Lipinski definition) is 1. The summed E-state index contributed by atoms with van der Waals surface area (Å²) in [5, 5.41) is 10.4. The molecule has 2 aromatic rings. The summed E-state index contributed by atoms with van der Waals surface area (Å²) < 4.78 is 7.76. The summed E-state index contributed by atoms with van der Waals surface area (Å²) in [7, 11) is 0. The molecule has 1 aliphatic rings. The summed E-state index contributed by atoms with van der Waals surface area (Å²) in [6, 6.07) is 6.10. The van der Waals surface area contributed by atoms with E-state index in [1.165, 1.54) is 11.4 Å². The highest BCUT2D eigenvalue weighted by Gasteiger charge is 2.33. The van der Waals surface area contributed by atoms with E-state index in [0.717, 1.165) is 37.1 Å². The van der Waals surface area contributed by atoms with Crippen LogP contribution in [-0.4, -0.2) is 9.67 Å². The minimum absolute atomic E-state index is 0.166. The van der Waals surface area contributed by atoms with Crippen LogP contribution in [0.3, 0.4) is 0 Å². The lowest BCUT2D eigenvalue weighted by Crippen LogP contribution is -2.27. The molecule has 0 radical (unpaired) electrons. The molecule has 0 spiro atoms. The number of hydrogen-bond acceptors (Lipinski definition) is 2. The van der Waals surface area contributed by atoms with Gasteiger partial charge in [-0.05, 0) is 43.4 Å². The highest BCUT2D eigenvalue weighted by Crippen LogP contribution is 2.41. The van der Waals surface area contributed by atoms with Gasteiger partial charge in [-0.2, -0.15) is 0 Å². The van der Waals surface area contributed by atoms with Gasteiger partial charge >= 0.3 is 0 Å². The second-order valence-electron chi connectivity index (χ2n) is 6.73. The molecule has 0 fully saturated rings. The van der Waals surface area contributed by atoms with Crippen molar-refractivity contribution in [3.05, 3.63) is 47.2 Å². The van der Waals surface area contributed by atoms with E-state index in [9.17, 15) is 5.11 Å². The smallest absolute Gasteiger partial charge is 0.105 e. The molecule has 3 heteroatoms. The van der Waals surface area contributed by atoms with Gasteiger partial charge in [-0.15, -0.1) is 0 Å². The zero-order valence-electron chi connectivity index (χ0n) is 12.5. The molecule has 20 heavy (non-hydrogen) atoms. The van der Waals surface area contributed by atoms with Crippen LogP contribution in [0.2, 0.25) is 0 Å². The van der Waals surface area contributed by atoms with Crippen molar-refractivity contribution < 1.29 is 9.52 Å². The zero-order chi connectivity index (χ0) is 14.3. The molecule has 1 aliphatic carbocycles. The Hall–Kier alpha value is -1.48. The van der Waals surface area contributed by atoms with E-state index < -0.39 is 0 Å². The van der Waals surface area contributed by atoms with Gasteiger partial charge in [0.1, 0.15) is 5.76 Å². The van der Waals surface area contributed by atoms with Crippen molar-refractivity contribution in [2.75, 3.05) is 0 Å². The van der Waals surface area contributed by atoms with Crippen molar-refractivity contribution in [1.29, 1.82) is 0 Å². The third kappa shape index (κ3) is 2.42. The molecule has 0 bridgehead atoms. The normalized spacial score (nSPS) is 20.9. The van der Waals surface area contributed by atoms with Crippen molar-refractivity contribution in [2.24, 2.45) is 5.41 Å². The fourth-order valence-corrected chi connectivity index (χ4v) is 3.39.